The Morgan fingerprint density at radius 2 is 1.73 bits per heavy atom. The summed E-state index contributed by atoms with van der Waals surface area (Å²) in [4.78, 5) is 0. The van der Waals surface area contributed by atoms with Crippen molar-refractivity contribution in [3.8, 4) is 0 Å². The normalized spacial score (nSPS) is 18.5. The van der Waals surface area contributed by atoms with Crippen molar-refractivity contribution in [1.82, 2.24) is 0 Å². The first kappa shape index (κ1) is 17.4. The van der Waals surface area contributed by atoms with Crippen molar-refractivity contribution in [3.05, 3.63) is 35.9 Å². The van der Waals surface area contributed by atoms with Gasteiger partial charge in [-0.15, -0.1) is 0 Å². The monoisotopic (exact) mass is 308 g/mol. The van der Waals surface area contributed by atoms with Crippen LogP contribution in [-0.2, 0) is 25.6 Å². The third-order valence-electron chi connectivity index (χ3n) is 3.61. The van der Waals surface area contributed by atoms with Crippen LogP contribution in [0.3, 0.4) is 0 Å². The van der Waals surface area contributed by atoms with Crippen molar-refractivity contribution in [2.45, 2.75) is 45.0 Å². The Labute approximate surface area is 133 Å². The van der Waals surface area contributed by atoms with Crippen LogP contribution in [0.2, 0.25) is 0 Å². The quantitative estimate of drug-likeness (QED) is 0.586. The Kier molecular flexibility index (Phi) is 9.19. The summed E-state index contributed by atoms with van der Waals surface area (Å²) in [7, 11) is 0. The maximum Gasteiger partial charge on any atom is 0.157 e. The molecule has 4 nitrogen and oxygen atoms in total. The fraction of sp³-hybridized carbons (Fsp3) is 0.667. The van der Waals surface area contributed by atoms with Gasteiger partial charge in [0.15, 0.2) is 6.29 Å². The second-order valence-corrected chi connectivity index (χ2v) is 5.52. The summed E-state index contributed by atoms with van der Waals surface area (Å²) in [6.07, 6.45) is 5.49. The number of hydrogen-bond acceptors (Lipinski definition) is 4. The molecule has 0 N–H and O–H groups in total. The molecule has 124 valence electrons. The number of benzene rings is 1. The van der Waals surface area contributed by atoms with Gasteiger partial charge in [-0.25, -0.2) is 0 Å². The molecule has 1 heterocycles. The molecule has 1 unspecified atom stereocenters. The highest BCUT2D eigenvalue weighted by molar-refractivity contribution is 5.13. The van der Waals surface area contributed by atoms with Gasteiger partial charge in [0.1, 0.15) is 0 Å². The Morgan fingerprint density at radius 1 is 0.909 bits per heavy atom. The lowest BCUT2D eigenvalue weighted by Gasteiger charge is -2.22. The predicted molar refractivity (Wildman–Crippen MR) is 85.7 cm³/mol. The van der Waals surface area contributed by atoms with Crippen LogP contribution < -0.4 is 0 Å². The van der Waals surface area contributed by atoms with Crippen molar-refractivity contribution in [2.75, 3.05) is 33.0 Å². The van der Waals surface area contributed by atoms with Crippen LogP contribution >= 0.6 is 0 Å². The maximum atomic E-state index is 5.67. The largest absolute Gasteiger partial charge is 0.379 e. The fourth-order valence-corrected chi connectivity index (χ4v) is 2.35. The molecule has 1 aromatic rings. The van der Waals surface area contributed by atoms with Gasteiger partial charge in [-0.1, -0.05) is 30.3 Å². The fourth-order valence-electron chi connectivity index (χ4n) is 2.35. The van der Waals surface area contributed by atoms with E-state index in [2.05, 4.69) is 12.1 Å². The average Bonchev–Trinajstić information content (AvgIpc) is 2.58. The van der Waals surface area contributed by atoms with E-state index in [1.54, 1.807) is 0 Å². The van der Waals surface area contributed by atoms with E-state index in [9.17, 15) is 0 Å². The molecule has 0 aromatic heterocycles. The molecule has 0 bridgehead atoms. The minimum Gasteiger partial charge on any atom is -0.379 e. The second kappa shape index (κ2) is 11.6. The summed E-state index contributed by atoms with van der Waals surface area (Å²) in [6, 6.07) is 10.2. The van der Waals surface area contributed by atoms with E-state index in [4.69, 9.17) is 18.9 Å². The molecule has 0 aliphatic carbocycles. The van der Waals surface area contributed by atoms with E-state index < -0.39 is 0 Å². The molecule has 1 aromatic carbocycles. The van der Waals surface area contributed by atoms with Gasteiger partial charge in [0.05, 0.1) is 19.8 Å². The molecule has 1 aliphatic heterocycles. The summed E-state index contributed by atoms with van der Waals surface area (Å²) in [5.74, 6) is 0. The van der Waals surface area contributed by atoms with E-state index in [1.807, 2.05) is 18.2 Å². The molecule has 1 atom stereocenters. The standard InChI is InChI=1S/C18H28O4/c1-2-8-17(9-3-1)16-20-15-14-19-11-6-7-13-22-18-10-4-5-12-21-18/h1-3,8-9,18H,4-7,10-16H2. The molecule has 4 heteroatoms. The van der Waals surface area contributed by atoms with Crippen LogP contribution in [0.15, 0.2) is 30.3 Å². The van der Waals surface area contributed by atoms with Gasteiger partial charge in [0.2, 0.25) is 0 Å². The molecule has 22 heavy (non-hydrogen) atoms. The molecular formula is C18H28O4. The van der Waals surface area contributed by atoms with Crippen molar-refractivity contribution in [3.63, 3.8) is 0 Å². The highest BCUT2D eigenvalue weighted by Gasteiger charge is 2.13. The van der Waals surface area contributed by atoms with Gasteiger partial charge in [-0.2, -0.15) is 0 Å². The van der Waals surface area contributed by atoms with E-state index in [-0.39, 0.29) is 6.29 Å². The molecule has 1 aliphatic rings. The minimum absolute atomic E-state index is 0.0288. The number of unbranched alkanes of at least 4 members (excludes halogenated alkanes) is 1. The zero-order chi connectivity index (χ0) is 15.3. The summed E-state index contributed by atoms with van der Waals surface area (Å²) in [5.41, 5.74) is 1.20. The first-order chi connectivity index (χ1) is 10.9. The van der Waals surface area contributed by atoms with Crippen LogP contribution in [0.1, 0.15) is 37.7 Å². The van der Waals surface area contributed by atoms with Gasteiger partial charge in [-0.3, -0.25) is 0 Å². The van der Waals surface area contributed by atoms with Gasteiger partial charge in [0.25, 0.3) is 0 Å². The van der Waals surface area contributed by atoms with E-state index >= 15 is 0 Å². The third-order valence-corrected chi connectivity index (χ3v) is 3.61. The van der Waals surface area contributed by atoms with Crippen molar-refractivity contribution >= 4 is 0 Å². The van der Waals surface area contributed by atoms with Crippen molar-refractivity contribution in [2.24, 2.45) is 0 Å². The predicted octanol–water partition coefficient (Wildman–Crippen LogP) is 3.54. The third kappa shape index (κ3) is 7.90. The van der Waals surface area contributed by atoms with Crippen LogP contribution in [-0.4, -0.2) is 39.3 Å². The summed E-state index contributed by atoms with van der Waals surface area (Å²) >= 11 is 0. The van der Waals surface area contributed by atoms with E-state index in [1.165, 1.54) is 18.4 Å². The highest BCUT2D eigenvalue weighted by atomic mass is 16.7. The molecule has 1 fully saturated rings. The maximum absolute atomic E-state index is 5.67. The SMILES string of the molecule is c1ccc(COCCOCCCCOC2CCCCO2)cc1. The van der Waals surface area contributed by atoms with Gasteiger partial charge >= 0.3 is 0 Å². The lowest BCUT2D eigenvalue weighted by Crippen LogP contribution is -2.22. The average molecular weight is 308 g/mol. The molecule has 2 rings (SSSR count). The molecule has 0 spiro atoms. The summed E-state index contributed by atoms with van der Waals surface area (Å²) in [6.45, 7) is 4.32. The molecular weight excluding hydrogens is 280 g/mol. The first-order valence-electron chi connectivity index (χ1n) is 8.38. The van der Waals surface area contributed by atoms with Crippen molar-refractivity contribution < 1.29 is 18.9 Å². The van der Waals surface area contributed by atoms with E-state index in [0.717, 1.165) is 39.1 Å². The van der Waals surface area contributed by atoms with Crippen LogP contribution in [0.4, 0.5) is 0 Å². The number of rotatable bonds is 11. The minimum atomic E-state index is 0.0288. The lowest BCUT2D eigenvalue weighted by molar-refractivity contribution is -0.163. The molecule has 0 amide bonds. The number of hydrogen-bond donors (Lipinski definition) is 0. The Balaban J connectivity index is 1.32. The van der Waals surface area contributed by atoms with Crippen LogP contribution in [0.25, 0.3) is 0 Å². The van der Waals surface area contributed by atoms with Gasteiger partial charge in [0, 0.05) is 19.8 Å². The Hall–Kier alpha value is -0.940. The Bertz CT molecular complexity index is 363. The first-order valence-corrected chi connectivity index (χ1v) is 8.38. The summed E-state index contributed by atoms with van der Waals surface area (Å²) < 4.78 is 22.3. The van der Waals surface area contributed by atoms with E-state index in [0.29, 0.717) is 19.8 Å². The molecule has 0 radical (unpaired) electrons. The highest BCUT2D eigenvalue weighted by Crippen LogP contribution is 2.13. The lowest BCUT2D eigenvalue weighted by atomic mass is 10.2. The smallest absolute Gasteiger partial charge is 0.157 e. The van der Waals surface area contributed by atoms with Crippen molar-refractivity contribution in [1.29, 1.82) is 0 Å². The molecule has 0 saturated carbocycles. The summed E-state index contributed by atoms with van der Waals surface area (Å²) in [5, 5.41) is 0. The Morgan fingerprint density at radius 3 is 2.55 bits per heavy atom. The van der Waals surface area contributed by atoms with Crippen LogP contribution in [0, 0.1) is 0 Å². The zero-order valence-electron chi connectivity index (χ0n) is 13.4. The van der Waals surface area contributed by atoms with Gasteiger partial charge < -0.3 is 18.9 Å². The topological polar surface area (TPSA) is 36.9 Å². The van der Waals surface area contributed by atoms with Crippen LogP contribution in [0.5, 0.6) is 0 Å². The second-order valence-electron chi connectivity index (χ2n) is 5.52. The molecule has 1 saturated heterocycles. The number of ether oxygens (including phenoxy) is 4. The van der Waals surface area contributed by atoms with Gasteiger partial charge in [-0.05, 0) is 37.7 Å². The zero-order valence-corrected chi connectivity index (χ0v) is 13.4.